The molecule has 1 aromatic heterocycles. The molecular weight excluding hydrogens is 414 g/mol. The zero-order valence-corrected chi connectivity index (χ0v) is 19.9. The second kappa shape index (κ2) is 8.20. The molecule has 4 bridgehead atoms. The highest BCUT2D eigenvalue weighted by molar-refractivity contribution is 7.18. The van der Waals surface area contributed by atoms with Crippen LogP contribution in [-0.4, -0.2) is 67.9 Å². The van der Waals surface area contributed by atoms with Crippen LogP contribution in [0.4, 0.5) is 5.00 Å². The molecule has 170 valence electrons. The van der Waals surface area contributed by atoms with Crippen LogP contribution in [0, 0.1) is 24.7 Å². The SMILES string of the molecule is COC(=O)c1c(NC(=O)CN(C)C23CC4CC(CC(C4)C2)C3)sc(C(=O)N(C)C)c1C. The van der Waals surface area contributed by atoms with Crippen LogP contribution >= 0.6 is 11.3 Å². The first-order chi connectivity index (χ1) is 14.6. The summed E-state index contributed by atoms with van der Waals surface area (Å²) in [6.45, 7) is 2.00. The maximum atomic E-state index is 13.0. The molecule has 4 aliphatic carbocycles. The second-order valence-corrected chi connectivity index (χ2v) is 11.0. The fourth-order valence-corrected chi connectivity index (χ4v) is 7.67. The number of likely N-dealkylation sites (N-methyl/N-ethyl adjacent to an activating group) is 1. The van der Waals surface area contributed by atoms with Gasteiger partial charge in [0.05, 0.1) is 24.1 Å². The van der Waals surface area contributed by atoms with Gasteiger partial charge in [0.1, 0.15) is 5.00 Å². The molecule has 0 radical (unpaired) electrons. The van der Waals surface area contributed by atoms with E-state index < -0.39 is 5.97 Å². The van der Waals surface area contributed by atoms with Gasteiger partial charge in [-0.15, -0.1) is 11.3 Å². The summed E-state index contributed by atoms with van der Waals surface area (Å²) >= 11 is 1.14. The van der Waals surface area contributed by atoms with Gasteiger partial charge in [-0.2, -0.15) is 0 Å². The van der Waals surface area contributed by atoms with Gasteiger partial charge in [0.15, 0.2) is 0 Å². The quantitative estimate of drug-likeness (QED) is 0.677. The summed E-state index contributed by atoms with van der Waals surface area (Å²) in [6, 6.07) is 0. The summed E-state index contributed by atoms with van der Waals surface area (Å²) < 4.78 is 4.92. The Morgan fingerprint density at radius 1 is 1.06 bits per heavy atom. The molecule has 0 unspecified atom stereocenters. The van der Waals surface area contributed by atoms with Gasteiger partial charge in [-0.1, -0.05) is 0 Å². The van der Waals surface area contributed by atoms with Gasteiger partial charge < -0.3 is 15.0 Å². The summed E-state index contributed by atoms with van der Waals surface area (Å²) in [7, 11) is 6.70. The molecule has 2 amide bonds. The Morgan fingerprint density at radius 3 is 2.10 bits per heavy atom. The van der Waals surface area contributed by atoms with Gasteiger partial charge in [-0.25, -0.2) is 4.79 Å². The monoisotopic (exact) mass is 447 g/mol. The number of anilines is 1. The van der Waals surface area contributed by atoms with E-state index in [1.54, 1.807) is 21.0 Å². The summed E-state index contributed by atoms with van der Waals surface area (Å²) in [5, 5.41) is 3.30. The Bertz CT molecular complexity index is 872. The largest absolute Gasteiger partial charge is 0.465 e. The van der Waals surface area contributed by atoms with Crippen molar-refractivity contribution in [2.45, 2.75) is 51.0 Å². The van der Waals surface area contributed by atoms with E-state index in [9.17, 15) is 14.4 Å². The van der Waals surface area contributed by atoms with E-state index in [4.69, 9.17) is 4.74 Å². The van der Waals surface area contributed by atoms with Gasteiger partial charge in [0.2, 0.25) is 5.91 Å². The van der Waals surface area contributed by atoms with E-state index in [-0.39, 0.29) is 29.5 Å². The van der Waals surface area contributed by atoms with E-state index in [0.29, 0.717) is 15.4 Å². The molecule has 4 saturated carbocycles. The van der Waals surface area contributed by atoms with Gasteiger partial charge in [0.25, 0.3) is 5.91 Å². The molecule has 1 aromatic rings. The molecule has 4 fully saturated rings. The summed E-state index contributed by atoms with van der Waals surface area (Å²) in [5.74, 6) is 1.52. The Morgan fingerprint density at radius 2 is 1.61 bits per heavy atom. The highest BCUT2D eigenvalue weighted by Crippen LogP contribution is 2.57. The second-order valence-electron chi connectivity index (χ2n) is 10.00. The summed E-state index contributed by atoms with van der Waals surface area (Å²) in [5.41, 5.74) is 0.943. The maximum Gasteiger partial charge on any atom is 0.341 e. The van der Waals surface area contributed by atoms with Gasteiger partial charge in [0, 0.05) is 19.6 Å². The van der Waals surface area contributed by atoms with Crippen molar-refractivity contribution < 1.29 is 19.1 Å². The highest BCUT2D eigenvalue weighted by atomic mass is 32.1. The number of amides is 2. The van der Waals surface area contributed by atoms with Crippen LogP contribution in [0.2, 0.25) is 0 Å². The lowest BCUT2D eigenvalue weighted by atomic mass is 9.52. The first-order valence-corrected chi connectivity index (χ1v) is 11.9. The molecule has 1 N–H and O–H groups in total. The minimum Gasteiger partial charge on any atom is -0.465 e. The number of thiophene rings is 1. The van der Waals surface area contributed by atoms with Crippen LogP contribution in [0.1, 0.15) is 64.1 Å². The molecular formula is C23H33N3O4S. The molecule has 31 heavy (non-hydrogen) atoms. The molecule has 4 aliphatic rings. The first-order valence-electron chi connectivity index (χ1n) is 11.1. The van der Waals surface area contributed by atoms with Crippen LogP contribution in [0.15, 0.2) is 0 Å². The third kappa shape index (κ3) is 4.00. The van der Waals surface area contributed by atoms with Crippen molar-refractivity contribution >= 4 is 34.1 Å². The predicted molar refractivity (Wildman–Crippen MR) is 121 cm³/mol. The molecule has 1 heterocycles. The Kier molecular flexibility index (Phi) is 5.89. The number of nitrogens with one attached hydrogen (secondary N) is 1. The van der Waals surface area contributed by atoms with E-state index in [0.717, 1.165) is 29.1 Å². The zero-order chi connectivity index (χ0) is 22.5. The Balaban J connectivity index is 1.51. The average molecular weight is 448 g/mol. The fraction of sp³-hybridized carbons (Fsp3) is 0.696. The van der Waals surface area contributed by atoms with E-state index >= 15 is 0 Å². The first kappa shape index (κ1) is 22.3. The minimum absolute atomic E-state index is 0.134. The van der Waals surface area contributed by atoms with Crippen molar-refractivity contribution in [2.24, 2.45) is 17.8 Å². The maximum absolute atomic E-state index is 13.0. The van der Waals surface area contributed by atoms with Gasteiger partial charge >= 0.3 is 5.97 Å². The molecule has 0 atom stereocenters. The lowest BCUT2D eigenvalue weighted by Crippen LogP contribution is -2.59. The molecule has 0 aliphatic heterocycles. The molecule has 7 nitrogen and oxygen atoms in total. The number of carbonyl (C=O) groups excluding carboxylic acids is 3. The van der Waals surface area contributed by atoms with Crippen LogP contribution in [-0.2, 0) is 9.53 Å². The summed E-state index contributed by atoms with van der Waals surface area (Å²) in [4.78, 5) is 42.1. The van der Waals surface area contributed by atoms with Crippen LogP contribution in [0.5, 0.6) is 0 Å². The molecule has 8 heteroatoms. The highest BCUT2D eigenvalue weighted by Gasteiger charge is 2.52. The molecule has 0 saturated heterocycles. The number of esters is 1. The van der Waals surface area contributed by atoms with Crippen LogP contribution in [0.3, 0.4) is 0 Å². The number of hydrogen-bond donors (Lipinski definition) is 1. The van der Waals surface area contributed by atoms with Crippen molar-refractivity contribution in [1.82, 2.24) is 9.80 Å². The molecule has 5 rings (SSSR count). The lowest BCUT2D eigenvalue weighted by molar-refractivity contribution is -0.123. The smallest absolute Gasteiger partial charge is 0.341 e. The Hall–Kier alpha value is -1.93. The third-order valence-corrected chi connectivity index (χ3v) is 8.78. The van der Waals surface area contributed by atoms with Crippen LogP contribution in [0.25, 0.3) is 0 Å². The molecule has 0 spiro atoms. The van der Waals surface area contributed by atoms with Crippen molar-refractivity contribution in [3.8, 4) is 0 Å². The lowest BCUT2D eigenvalue weighted by Gasteiger charge is -2.59. The Labute approximate surface area is 188 Å². The average Bonchev–Trinajstić information content (AvgIpc) is 3.01. The zero-order valence-electron chi connectivity index (χ0n) is 19.1. The van der Waals surface area contributed by atoms with Crippen molar-refractivity contribution in [3.63, 3.8) is 0 Å². The predicted octanol–water partition coefficient (Wildman–Crippen LogP) is 3.38. The normalized spacial score (nSPS) is 28.6. The van der Waals surface area contributed by atoms with E-state index in [2.05, 4.69) is 17.3 Å². The number of rotatable bonds is 6. The standard InChI is InChI=1S/C23H33N3O4S/c1-13-18(22(29)30-5)20(31-19(13)21(28)25(2)3)24-17(27)12-26(4)23-9-14-6-15(10-23)8-16(7-14)11-23/h14-16H,6-12H2,1-5H3,(H,24,27). The number of hydrogen-bond acceptors (Lipinski definition) is 6. The fourth-order valence-electron chi connectivity index (χ4n) is 6.44. The summed E-state index contributed by atoms with van der Waals surface area (Å²) in [6.07, 6.45) is 7.65. The van der Waals surface area contributed by atoms with E-state index in [1.165, 1.54) is 50.5 Å². The van der Waals surface area contributed by atoms with E-state index in [1.807, 2.05) is 0 Å². The van der Waals surface area contributed by atoms with Crippen molar-refractivity contribution in [1.29, 1.82) is 0 Å². The van der Waals surface area contributed by atoms with Gasteiger partial charge in [-0.05, 0) is 75.8 Å². The number of nitrogens with zero attached hydrogens (tertiary/aromatic N) is 2. The number of ether oxygens (including phenoxy) is 1. The molecule has 0 aromatic carbocycles. The number of carbonyl (C=O) groups is 3. The third-order valence-electron chi connectivity index (χ3n) is 7.59. The van der Waals surface area contributed by atoms with Crippen molar-refractivity contribution in [2.75, 3.05) is 40.1 Å². The van der Waals surface area contributed by atoms with Gasteiger partial charge in [-0.3, -0.25) is 14.5 Å². The minimum atomic E-state index is -0.545. The van der Waals surface area contributed by atoms with Crippen molar-refractivity contribution in [3.05, 3.63) is 16.0 Å². The number of methoxy groups -OCH3 is 1. The topological polar surface area (TPSA) is 79.0 Å². The van der Waals surface area contributed by atoms with Crippen LogP contribution < -0.4 is 5.32 Å².